The average Bonchev–Trinajstić information content (AvgIpc) is 2.69. The zero-order valence-corrected chi connectivity index (χ0v) is 11.8. The molecule has 1 rings (SSSR count). The highest BCUT2D eigenvalue weighted by molar-refractivity contribution is 7.89. The Morgan fingerprint density at radius 3 is 2.50 bits per heavy atom. The molecule has 1 atom stereocenters. The van der Waals surface area contributed by atoms with E-state index >= 15 is 0 Å². The lowest BCUT2D eigenvalue weighted by atomic mass is 10.1. The number of hydrogen-bond donors (Lipinski definition) is 1. The van der Waals surface area contributed by atoms with Gasteiger partial charge < -0.3 is 4.74 Å². The fraction of sp³-hybridized carbons (Fsp3) is 0.917. The van der Waals surface area contributed by atoms with Crippen LogP contribution >= 0.6 is 0 Å². The Hall–Kier alpha value is -0.620. The van der Waals surface area contributed by atoms with E-state index in [4.69, 9.17) is 4.74 Å². The summed E-state index contributed by atoms with van der Waals surface area (Å²) < 4.78 is 30.5. The van der Waals surface area contributed by atoms with Crippen LogP contribution in [0.4, 0.5) is 0 Å². The summed E-state index contributed by atoms with van der Waals surface area (Å²) in [6, 6.07) is -0.671. The second-order valence-corrected chi connectivity index (χ2v) is 6.59. The lowest BCUT2D eigenvalue weighted by Gasteiger charge is -2.09. The molecule has 18 heavy (non-hydrogen) atoms. The van der Waals surface area contributed by atoms with Gasteiger partial charge in [0.2, 0.25) is 10.0 Å². The molecule has 5 nitrogen and oxygen atoms in total. The van der Waals surface area contributed by atoms with Gasteiger partial charge in [-0.15, -0.1) is 0 Å². The molecule has 0 aromatic rings. The molecule has 6 heteroatoms. The molecule has 106 valence electrons. The van der Waals surface area contributed by atoms with E-state index in [-0.39, 0.29) is 5.75 Å². The summed E-state index contributed by atoms with van der Waals surface area (Å²) in [5.41, 5.74) is 0. The third-order valence-corrected chi connectivity index (χ3v) is 4.49. The average molecular weight is 277 g/mol. The molecule has 0 bridgehead atoms. The Kier molecular flexibility index (Phi) is 6.63. The maximum Gasteiger partial charge on any atom is 0.324 e. The first-order valence-corrected chi connectivity index (χ1v) is 8.37. The third kappa shape index (κ3) is 5.82. The Bertz CT molecular complexity index is 353. The van der Waals surface area contributed by atoms with Crippen molar-refractivity contribution in [1.29, 1.82) is 0 Å². The second kappa shape index (κ2) is 7.74. The highest BCUT2D eigenvalue weighted by Crippen LogP contribution is 2.09. The van der Waals surface area contributed by atoms with Crippen LogP contribution in [0.2, 0.25) is 0 Å². The van der Waals surface area contributed by atoms with Crippen molar-refractivity contribution < 1.29 is 17.9 Å². The van der Waals surface area contributed by atoms with E-state index in [0.717, 1.165) is 12.8 Å². The zero-order valence-electron chi connectivity index (χ0n) is 11.0. The van der Waals surface area contributed by atoms with Gasteiger partial charge in [0.15, 0.2) is 0 Å². The van der Waals surface area contributed by atoms with Crippen LogP contribution in [0, 0.1) is 0 Å². The third-order valence-electron chi connectivity index (χ3n) is 3.02. The van der Waals surface area contributed by atoms with Crippen LogP contribution in [-0.2, 0) is 19.6 Å². The maximum absolute atomic E-state index is 11.7. The molecular formula is C12H23NO4S. The van der Waals surface area contributed by atoms with Gasteiger partial charge in [0, 0.05) is 6.42 Å². The van der Waals surface area contributed by atoms with Crippen molar-refractivity contribution in [1.82, 2.24) is 4.72 Å². The number of cyclic esters (lactones) is 1. The highest BCUT2D eigenvalue weighted by Gasteiger charge is 2.30. The van der Waals surface area contributed by atoms with Crippen molar-refractivity contribution in [2.24, 2.45) is 0 Å². The van der Waals surface area contributed by atoms with Crippen LogP contribution in [0.3, 0.4) is 0 Å². The Balaban J connectivity index is 2.17. The van der Waals surface area contributed by atoms with Gasteiger partial charge in [-0.25, -0.2) is 13.1 Å². The molecule has 1 fully saturated rings. The Morgan fingerprint density at radius 1 is 1.22 bits per heavy atom. The Labute approximate surface area is 109 Å². The fourth-order valence-electron chi connectivity index (χ4n) is 1.95. The van der Waals surface area contributed by atoms with Crippen molar-refractivity contribution >= 4 is 16.0 Å². The van der Waals surface area contributed by atoms with E-state index in [0.29, 0.717) is 19.4 Å². The molecule has 0 radical (unpaired) electrons. The number of carbonyl (C=O) groups is 1. The molecule has 0 saturated carbocycles. The minimum absolute atomic E-state index is 0.100. The molecule has 1 aliphatic rings. The van der Waals surface area contributed by atoms with Gasteiger partial charge in [-0.3, -0.25) is 4.79 Å². The van der Waals surface area contributed by atoms with Gasteiger partial charge in [-0.1, -0.05) is 39.0 Å². The number of unbranched alkanes of at least 4 members (excludes halogenated alkanes) is 5. The quantitative estimate of drug-likeness (QED) is 0.513. The molecule has 0 amide bonds. The first-order chi connectivity index (χ1) is 8.55. The number of carbonyl (C=O) groups excluding carboxylic acids is 1. The molecular weight excluding hydrogens is 254 g/mol. The van der Waals surface area contributed by atoms with Crippen molar-refractivity contribution in [2.75, 3.05) is 12.4 Å². The highest BCUT2D eigenvalue weighted by atomic mass is 32.2. The summed E-state index contributed by atoms with van der Waals surface area (Å²) in [6.45, 7) is 2.46. The normalized spacial score (nSPS) is 20.1. The van der Waals surface area contributed by atoms with Gasteiger partial charge in [0.25, 0.3) is 0 Å². The van der Waals surface area contributed by atoms with Gasteiger partial charge in [-0.2, -0.15) is 0 Å². The molecule has 0 aromatic heterocycles. The fourth-order valence-corrected chi connectivity index (χ4v) is 3.30. The first kappa shape index (κ1) is 15.4. The number of rotatable bonds is 9. The molecule has 1 N–H and O–H groups in total. The van der Waals surface area contributed by atoms with Crippen LogP contribution in [0.1, 0.15) is 51.9 Å². The zero-order chi connectivity index (χ0) is 13.4. The smallest absolute Gasteiger partial charge is 0.324 e. The lowest BCUT2D eigenvalue weighted by Crippen LogP contribution is -2.39. The topological polar surface area (TPSA) is 72.5 Å². The van der Waals surface area contributed by atoms with E-state index in [2.05, 4.69) is 11.6 Å². The standard InChI is InChI=1S/C12H23NO4S/c1-2-3-4-5-6-7-10-18(15,16)13-11-8-9-17-12(11)14/h11,13H,2-10H2,1H3. The van der Waals surface area contributed by atoms with E-state index in [1.165, 1.54) is 19.3 Å². The van der Waals surface area contributed by atoms with Gasteiger partial charge in [-0.05, 0) is 6.42 Å². The summed E-state index contributed by atoms with van der Waals surface area (Å²) in [5, 5.41) is 0. The second-order valence-electron chi connectivity index (χ2n) is 4.71. The van der Waals surface area contributed by atoms with Gasteiger partial charge in [0.1, 0.15) is 6.04 Å². The molecule has 1 unspecified atom stereocenters. The summed E-state index contributed by atoms with van der Waals surface area (Å²) in [7, 11) is -3.34. The summed E-state index contributed by atoms with van der Waals surface area (Å²) in [4.78, 5) is 11.2. The van der Waals surface area contributed by atoms with Crippen LogP contribution in [-0.4, -0.2) is 32.8 Å². The summed E-state index contributed by atoms with van der Waals surface area (Å²) >= 11 is 0. The monoisotopic (exact) mass is 277 g/mol. The number of hydrogen-bond acceptors (Lipinski definition) is 4. The van der Waals surface area contributed by atoms with Crippen LogP contribution < -0.4 is 4.72 Å². The maximum atomic E-state index is 11.7. The van der Waals surface area contributed by atoms with Crippen LogP contribution in [0.5, 0.6) is 0 Å². The van der Waals surface area contributed by atoms with Crippen molar-refractivity contribution in [3.8, 4) is 0 Å². The Morgan fingerprint density at radius 2 is 1.89 bits per heavy atom. The van der Waals surface area contributed by atoms with Crippen molar-refractivity contribution in [3.05, 3.63) is 0 Å². The van der Waals surface area contributed by atoms with Crippen LogP contribution in [0.15, 0.2) is 0 Å². The SMILES string of the molecule is CCCCCCCCS(=O)(=O)NC1CCOC1=O. The van der Waals surface area contributed by atoms with Gasteiger partial charge >= 0.3 is 5.97 Å². The molecule has 1 aliphatic heterocycles. The molecule has 0 aromatic carbocycles. The number of sulfonamides is 1. The number of esters is 1. The van der Waals surface area contributed by atoms with E-state index < -0.39 is 22.0 Å². The number of ether oxygens (including phenoxy) is 1. The van der Waals surface area contributed by atoms with Crippen molar-refractivity contribution in [3.63, 3.8) is 0 Å². The van der Waals surface area contributed by atoms with Crippen LogP contribution in [0.25, 0.3) is 0 Å². The van der Waals surface area contributed by atoms with Gasteiger partial charge in [0.05, 0.1) is 12.4 Å². The first-order valence-electron chi connectivity index (χ1n) is 6.72. The molecule has 1 saturated heterocycles. The minimum Gasteiger partial charge on any atom is -0.464 e. The predicted molar refractivity (Wildman–Crippen MR) is 69.7 cm³/mol. The minimum atomic E-state index is -3.34. The lowest BCUT2D eigenvalue weighted by molar-refractivity contribution is -0.139. The van der Waals surface area contributed by atoms with E-state index in [1.807, 2.05) is 0 Å². The molecule has 0 spiro atoms. The van der Waals surface area contributed by atoms with Crippen molar-refractivity contribution in [2.45, 2.75) is 57.9 Å². The van der Waals surface area contributed by atoms with E-state index in [9.17, 15) is 13.2 Å². The predicted octanol–water partition coefficient (Wildman–Crippen LogP) is 1.58. The molecule has 1 heterocycles. The number of nitrogens with one attached hydrogen (secondary N) is 1. The largest absolute Gasteiger partial charge is 0.464 e. The summed E-state index contributed by atoms with van der Waals surface area (Å²) in [5.74, 6) is -0.357. The molecule has 0 aliphatic carbocycles. The summed E-state index contributed by atoms with van der Waals surface area (Å²) in [6.07, 6.45) is 6.65. The van der Waals surface area contributed by atoms with E-state index in [1.54, 1.807) is 0 Å².